The van der Waals surface area contributed by atoms with E-state index in [0.29, 0.717) is 15.6 Å². The van der Waals surface area contributed by atoms with Gasteiger partial charge >= 0.3 is 0 Å². The Bertz CT molecular complexity index is 379. The number of hydrogen-bond donors (Lipinski definition) is 0. The molecule has 14 heavy (non-hydrogen) atoms. The standard InChI is InChI=1S/C8H7BrN2O3/c9-4-1-2-7-6-10(12)5-3-8(7)11(13)14/h1-3,5-6H,4H2. The first-order valence-corrected chi connectivity index (χ1v) is 4.87. The maximum absolute atomic E-state index is 10.9. The number of allylic oxidation sites excluding steroid dienone is 1. The fraction of sp³-hybridized carbons (Fsp3) is 0.125. The van der Waals surface area contributed by atoms with Gasteiger partial charge in [-0.15, -0.1) is 0 Å². The van der Waals surface area contributed by atoms with Crippen LogP contribution < -0.4 is 4.73 Å². The maximum atomic E-state index is 10.9. The van der Waals surface area contributed by atoms with E-state index in [9.17, 15) is 15.3 Å². The zero-order valence-corrected chi connectivity index (χ0v) is 8.68. The summed E-state index contributed by atoms with van der Waals surface area (Å²) in [5, 5.41) is 22.0. The lowest BCUT2D eigenvalue weighted by Gasteiger charge is -1.97. The van der Waals surface area contributed by atoms with Crippen molar-refractivity contribution in [2.24, 2.45) is 0 Å². The molecule has 1 heterocycles. The topological polar surface area (TPSA) is 70.1 Å². The van der Waals surface area contributed by atoms with Crippen LogP contribution in [-0.2, 0) is 0 Å². The molecule has 1 aromatic rings. The first-order chi connectivity index (χ1) is 6.65. The van der Waals surface area contributed by atoms with Crippen LogP contribution in [0.5, 0.6) is 0 Å². The zero-order chi connectivity index (χ0) is 10.6. The van der Waals surface area contributed by atoms with Crippen LogP contribution in [0.4, 0.5) is 5.69 Å². The summed E-state index contributed by atoms with van der Waals surface area (Å²) in [6.45, 7) is 0. The molecule has 0 saturated carbocycles. The second-order valence-electron chi connectivity index (χ2n) is 2.46. The summed E-state index contributed by atoms with van der Waals surface area (Å²) in [6, 6.07) is 1.18. The van der Waals surface area contributed by atoms with Crippen molar-refractivity contribution in [3.8, 4) is 0 Å². The molecule has 0 amide bonds. The number of pyridine rings is 1. The summed E-state index contributed by atoms with van der Waals surface area (Å²) in [5.41, 5.74) is 0.223. The van der Waals surface area contributed by atoms with Gasteiger partial charge in [-0.25, -0.2) is 0 Å². The molecule has 0 N–H and O–H groups in total. The molecule has 0 aliphatic carbocycles. The molecule has 1 aromatic heterocycles. The van der Waals surface area contributed by atoms with E-state index >= 15 is 0 Å². The van der Waals surface area contributed by atoms with Gasteiger partial charge in [0.1, 0.15) is 5.56 Å². The van der Waals surface area contributed by atoms with Gasteiger partial charge in [-0.2, -0.15) is 4.73 Å². The molecule has 0 unspecified atom stereocenters. The number of alkyl halides is 1. The Hall–Kier alpha value is -1.43. The molecule has 1 rings (SSSR count). The lowest BCUT2D eigenvalue weighted by molar-refractivity contribution is -0.606. The molecule has 5 nitrogen and oxygen atoms in total. The van der Waals surface area contributed by atoms with Crippen LogP contribution in [0.25, 0.3) is 6.08 Å². The predicted molar refractivity (Wildman–Crippen MR) is 54.9 cm³/mol. The van der Waals surface area contributed by atoms with Crippen LogP contribution in [0.15, 0.2) is 24.5 Å². The molecule has 0 aliphatic rings. The number of rotatable bonds is 3. The smallest absolute Gasteiger partial charge is 0.288 e. The van der Waals surface area contributed by atoms with Gasteiger partial charge in [-0.05, 0) is 6.08 Å². The van der Waals surface area contributed by atoms with Crippen LogP contribution in [0.2, 0.25) is 0 Å². The van der Waals surface area contributed by atoms with Crippen molar-refractivity contribution in [1.29, 1.82) is 0 Å². The monoisotopic (exact) mass is 258 g/mol. The van der Waals surface area contributed by atoms with Crippen LogP contribution >= 0.6 is 15.9 Å². The fourth-order valence-corrected chi connectivity index (χ4v) is 1.14. The van der Waals surface area contributed by atoms with Crippen molar-refractivity contribution in [3.63, 3.8) is 0 Å². The van der Waals surface area contributed by atoms with Gasteiger partial charge < -0.3 is 5.21 Å². The van der Waals surface area contributed by atoms with E-state index in [4.69, 9.17) is 0 Å². The minimum absolute atomic E-state index is 0.0747. The van der Waals surface area contributed by atoms with E-state index in [0.717, 1.165) is 12.4 Å². The average molecular weight is 259 g/mol. The molecule has 0 aliphatic heterocycles. The van der Waals surface area contributed by atoms with E-state index in [1.807, 2.05) is 0 Å². The SMILES string of the molecule is O=[N+]([O-])c1cc[n+]([O-])cc1C=CCBr. The molecule has 74 valence electrons. The number of nitro groups is 1. The molecule has 0 radical (unpaired) electrons. The average Bonchev–Trinajstić information content (AvgIpc) is 2.14. The Morgan fingerprint density at radius 3 is 2.93 bits per heavy atom. The minimum Gasteiger partial charge on any atom is -0.619 e. The third-order valence-electron chi connectivity index (χ3n) is 1.52. The second-order valence-corrected chi connectivity index (χ2v) is 3.11. The summed E-state index contributed by atoms with van der Waals surface area (Å²) in [6.07, 6.45) is 5.48. The van der Waals surface area contributed by atoms with Crippen LogP contribution in [0.3, 0.4) is 0 Å². The van der Waals surface area contributed by atoms with Crippen molar-refractivity contribution >= 4 is 27.7 Å². The lowest BCUT2D eigenvalue weighted by Crippen LogP contribution is -2.24. The number of aromatic nitrogens is 1. The zero-order valence-electron chi connectivity index (χ0n) is 7.09. The third kappa shape index (κ3) is 2.53. The van der Waals surface area contributed by atoms with Gasteiger partial charge in [0, 0.05) is 5.33 Å². The molecule has 0 atom stereocenters. The summed E-state index contributed by atoms with van der Waals surface area (Å²) in [4.78, 5) is 10.0. The Morgan fingerprint density at radius 1 is 1.64 bits per heavy atom. The first-order valence-electron chi connectivity index (χ1n) is 3.75. The van der Waals surface area contributed by atoms with Crippen LogP contribution in [0, 0.1) is 15.3 Å². The Morgan fingerprint density at radius 2 is 2.36 bits per heavy atom. The number of hydrogen-bond acceptors (Lipinski definition) is 3. The summed E-state index contributed by atoms with van der Waals surface area (Å²) < 4.78 is 0.529. The van der Waals surface area contributed by atoms with Crippen LogP contribution in [-0.4, -0.2) is 10.3 Å². The van der Waals surface area contributed by atoms with Gasteiger partial charge in [0.2, 0.25) is 0 Å². The van der Waals surface area contributed by atoms with Crippen molar-refractivity contribution in [1.82, 2.24) is 0 Å². The summed E-state index contributed by atoms with van der Waals surface area (Å²) >= 11 is 3.15. The molecule has 0 fully saturated rings. The van der Waals surface area contributed by atoms with Gasteiger partial charge in [-0.1, -0.05) is 22.0 Å². The fourth-order valence-electron chi connectivity index (χ4n) is 0.953. The molecular formula is C8H7BrN2O3. The van der Waals surface area contributed by atoms with Gasteiger partial charge in [0.15, 0.2) is 12.4 Å². The van der Waals surface area contributed by atoms with Crippen molar-refractivity contribution in [2.45, 2.75) is 0 Å². The molecule has 0 saturated heterocycles. The van der Waals surface area contributed by atoms with E-state index in [1.165, 1.54) is 12.1 Å². The van der Waals surface area contributed by atoms with Gasteiger partial charge in [0.25, 0.3) is 5.69 Å². The minimum atomic E-state index is -0.520. The summed E-state index contributed by atoms with van der Waals surface area (Å²) in [7, 11) is 0. The van der Waals surface area contributed by atoms with Crippen molar-refractivity contribution in [3.05, 3.63) is 45.4 Å². The van der Waals surface area contributed by atoms with Gasteiger partial charge in [-0.3, -0.25) is 10.1 Å². The number of halogens is 1. The van der Waals surface area contributed by atoms with E-state index in [1.54, 1.807) is 6.08 Å². The largest absolute Gasteiger partial charge is 0.619 e. The Kier molecular flexibility index (Phi) is 3.58. The molecule has 0 aromatic carbocycles. The normalized spacial score (nSPS) is 10.6. The van der Waals surface area contributed by atoms with Crippen LogP contribution in [0.1, 0.15) is 5.56 Å². The molecule has 0 bridgehead atoms. The highest BCUT2D eigenvalue weighted by Gasteiger charge is 2.13. The highest BCUT2D eigenvalue weighted by molar-refractivity contribution is 9.09. The highest BCUT2D eigenvalue weighted by Crippen LogP contribution is 2.16. The predicted octanol–water partition coefficient (Wildman–Crippen LogP) is 1.64. The van der Waals surface area contributed by atoms with E-state index in [-0.39, 0.29) is 5.69 Å². The van der Waals surface area contributed by atoms with Gasteiger partial charge in [0.05, 0.1) is 11.0 Å². The second kappa shape index (κ2) is 4.71. The Balaban J connectivity index is 3.15. The molecular weight excluding hydrogens is 252 g/mol. The quantitative estimate of drug-likeness (QED) is 0.272. The third-order valence-corrected chi connectivity index (χ3v) is 1.90. The number of nitrogens with zero attached hydrogens (tertiary/aromatic N) is 2. The Labute approximate surface area is 88.5 Å². The highest BCUT2D eigenvalue weighted by atomic mass is 79.9. The summed E-state index contributed by atoms with van der Waals surface area (Å²) in [5.74, 6) is 0. The molecule has 0 spiro atoms. The first kappa shape index (κ1) is 10.6. The molecule has 6 heteroatoms. The van der Waals surface area contributed by atoms with Crippen molar-refractivity contribution < 1.29 is 9.65 Å². The van der Waals surface area contributed by atoms with E-state index in [2.05, 4.69) is 15.9 Å². The lowest BCUT2D eigenvalue weighted by atomic mass is 10.2. The maximum Gasteiger partial charge on any atom is 0.288 e. The van der Waals surface area contributed by atoms with E-state index < -0.39 is 4.92 Å². The van der Waals surface area contributed by atoms with Crippen molar-refractivity contribution in [2.75, 3.05) is 5.33 Å².